The zero-order valence-corrected chi connectivity index (χ0v) is 8.12. The van der Waals surface area contributed by atoms with Crippen molar-refractivity contribution in [3.63, 3.8) is 0 Å². The highest BCUT2D eigenvalue weighted by Crippen LogP contribution is 2.21. The average molecular weight is 204 g/mol. The van der Waals surface area contributed by atoms with E-state index < -0.39 is 5.69 Å². The van der Waals surface area contributed by atoms with Crippen molar-refractivity contribution in [3.05, 3.63) is 52.3 Å². The quantitative estimate of drug-likeness (QED) is 0.770. The molecule has 1 heterocycles. The van der Waals surface area contributed by atoms with E-state index in [0.29, 0.717) is 11.3 Å². The summed E-state index contributed by atoms with van der Waals surface area (Å²) in [4.78, 5) is 17.1. The van der Waals surface area contributed by atoms with Crippen LogP contribution in [0.25, 0.3) is 11.3 Å². The predicted molar refractivity (Wildman–Crippen MR) is 55.0 cm³/mol. The predicted octanol–water partition coefficient (Wildman–Crippen LogP) is 1.88. The van der Waals surface area contributed by atoms with Gasteiger partial charge in [0.05, 0.1) is 5.69 Å². The molecule has 0 aliphatic rings. The van der Waals surface area contributed by atoms with E-state index in [2.05, 4.69) is 9.97 Å². The van der Waals surface area contributed by atoms with Gasteiger partial charge in [0.1, 0.15) is 5.82 Å². The van der Waals surface area contributed by atoms with Crippen molar-refractivity contribution in [1.82, 2.24) is 9.97 Å². The minimum absolute atomic E-state index is 0.359. The van der Waals surface area contributed by atoms with E-state index in [1.54, 1.807) is 25.1 Å². The van der Waals surface area contributed by atoms with Crippen LogP contribution in [-0.2, 0) is 0 Å². The van der Waals surface area contributed by atoms with Crippen molar-refractivity contribution in [3.8, 4) is 11.3 Å². The first-order valence-electron chi connectivity index (χ1n) is 4.49. The van der Waals surface area contributed by atoms with E-state index in [-0.39, 0.29) is 5.82 Å². The third-order valence-electron chi connectivity index (χ3n) is 2.14. The molecule has 2 aromatic rings. The number of aromatic nitrogens is 2. The van der Waals surface area contributed by atoms with Gasteiger partial charge in [-0.3, -0.25) is 0 Å². The van der Waals surface area contributed by atoms with Gasteiger partial charge in [-0.1, -0.05) is 12.1 Å². The maximum absolute atomic E-state index is 13.4. The molecule has 0 amide bonds. The lowest BCUT2D eigenvalue weighted by atomic mass is 10.1. The van der Waals surface area contributed by atoms with E-state index in [1.807, 2.05) is 0 Å². The van der Waals surface area contributed by atoms with E-state index in [0.717, 1.165) is 5.56 Å². The summed E-state index contributed by atoms with van der Waals surface area (Å²) in [6.45, 7) is 1.77. The summed E-state index contributed by atoms with van der Waals surface area (Å²) >= 11 is 0. The van der Waals surface area contributed by atoms with Crippen LogP contribution in [0.1, 0.15) is 5.56 Å². The number of benzene rings is 1. The first kappa shape index (κ1) is 9.58. The third-order valence-corrected chi connectivity index (χ3v) is 2.14. The van der Waals surface area contributed by atoms with E-state index in [4.69, 9.17) is 0 Å². The number of hydrogen-bond donors (Lipinski definition) is 1. The lowest BCUT2D eigenvalue weighted by molar-refractivity contribution is 0.630. The van der Waals surface area contributed by atoms with Crippen molar-refractivity contribution in [2.45, 2.75) is 6.92 Å². The van der Waals surface area contributed by atoms with Gasteiger partial charge in [0.15, 0.2) is 0 Å². The van der Waals surface area contributed by atoms with Crippen molar-refractivity contribution in [2.75, 3.05) is 0 Å². The van der Waals surface area contributed by atoms with E-state index in [1.165, 1.54) is 12.3 Å². The Balaban J connectivity index is 2.69. The van der Waals surface area contributed by atoms with Crippen LogP contribution in [0.3, 0.4) is 0 Å². The normalized spacial score (nSPS) is 10.3. The lowest BCUT2D eigenvalue weighted by Crippen LogP contribution is -2.11. The standard InChI is InChI=1S/C11H9FN2O/c1-7-6-13-11(15)14-10(7)8-4-2-3-5-9(8)12/h2-6H,1H3,(H,13,14,15). The fraction of sp³-hybridized carbons (Fsp3) is 0.0909. The smallest absolute Gasteiger partial charge is 0.305 e. The summed E-state index contributed by atoms with van der Waals surface area (Å²) in [5.74, 6) is -0.359. The molecule has 3 nitrogen and oxygen atoms in total. The second kappa shape index (κ2) is 3.65. The van der Waals surface area contributed by atoms with Crippen LogP contribution in [0, 0.1) is 12.7 Å². The highest BCUT2D eigenvalue weighted by atomic mass is 19.1. The minimum Gasteiger partial charge on any atom is -0.305 e. The molecule has 1 aromatic heterocycles. The van der Waals surface area contributed by atoms with Gasteiger partial charge >= 0.3 is 5.69 Å². The van der Waals surface area contributed by atoms with Crippen LogP contribution in [0.4, 0.5) is 4.39 Å². The van der Waals surface area contributed by atoms with Gasteiger partial charge in [-0.15, -0.1) is 0 Å². The number of halogens is 1. The van der Waals surface area contributed by atoms with Gasteiger partial charge < -0.3 is 4.98 Å². The molecule has 15 heavy (non-hydrogen) atoms. The second-order valence-corrected chi connectivity index (χ2v) is 3.23. The largest absolute Gasteiger partial charge is 0.345 e. The number of nitrogens with zero attached hydrogens (tertiary/aromatic N) is 1. The van der Waals surface area contributed by atoms with E-state index in [9.17, 15) is 9.18 Å². The Bertz CT molecular complexity index is 548. The first-order valence-corrected chi connectivity index (χ1v) is 4.49. The highest BCUT2D eigenvalue weighted by Gasteiger charge is 2.07. The molecule has 0 aliphatic carbocycles. The molecule has 0 spiro atoms. The molecule has 1 N–H and O–H groups in total. The van der Waals surface area contributed by atoms with Crippen LogP contribution in [-0.4, -0.2) is 9.97 Å². The zero-order chi connectivity index (χ0) is 10.8. The molecule has 0 aliphatic heterocycles. The monoisotopic (exact) mass is 204 g/mol. The molecule has 0 bridgehead atoms. The summed E-state index contributed by atoms with van der Waals surface area (Å²) in [7, 11) is 0. The Kier molecular flexibility index (Phi) is 2.33. The lowest BCUT2D eigenvalue weighted by Gasteiger charge is -2.05. The van der Waals surface area contributed by atoms with Crippen molar-refractivity contribution in [1.29, 1.82) is 0 Å². The summed E-state index contributed by atoms with van der Waals surface area (Å²) in [6, 6.07) is 6.30. The fourth-order valence-corrected chi connectivity index (χ4v) is 1.40. The summed E-state index contributed by atoms with van der Waals surface area (Å²) < 4.78 is 13.4. The molecule has 0 atom stereocenters. The van der Waals surface area contributed by atoms with Gasteiger partial charge in [-0.2, -0.15) is 0 Å². The number of aromatic amines is 1. The number of rotatable bonds is 1. The maximum atomic E-state index is 13.4. The fourth-order valence-electron chi connectivity index (χ4n) is 1.40. The topological polar surface area (TPSA) is 45.8 Å². The van der Waals surface area contributed by atoms with Crippen molar-refractivity contribution < 1.29 is 4.39 Å². The van der Waals surface area contributed by atoms with E-state index >= 15 is 0 Å². The number of hydrogen-bond acceptors (Lipinski definition) is 2. The summed E-state index contributed by atoms with van der Waals surface area (Å²) in [6.07, 6.45) is 1.43. The van der Waals surface area contributed by atoms with Crippen LogP contribution in [0.15, 0.2) is 35.3 Å². The van der Waals surface area contributed by atoms with Gasteiger partial charge in [-0.25, -0.2) is 14.2 Å². The minimum atomic E-state index is -0.473. The number of H-pyrrole nitrogens is 1. The Morgan fingerprint density at radius 2 is 2.07 bits per heavy atom. The van der Waals surface area contributed by atoms with Crippen LogP contribution >= 0.6 is 0 Å². The zero-order valence-electron chi connectivity index (χ0n) is 8.12. The second-order valence-electron chi connectivity index (χ2n) is 3.23. The number of aryl methyl sites for hydroxylation is 1. The highest BCUT2D eigenvalue weighted by molar-refractivity contribution is 5.62. The molecule has 0 fully saturated rings. The van der Waals surface area contributed by atoms with Gasteiger partial charge in [0.25, 0.3) is 0 Å². The molecule has 2 rings (SSSR count). The van der Waals surface area contributed by atoms with Crippen molar-refractivity contribution >= 4 is 0 Å². The Labute approximate surface area is 85.6 Å². The maximum Gasteiger partial charge on any atom is 0.345 e. The Hall–Kier alpha value is -1.97. The third kappa shape index (κ3) is 1.79. The van der Waals surface area contributed by atoms with Gasteiger partial charge in [0, 0.05) is 11.8 Å². The molecule has 0 saturated heterocycles. The van der Waals surface area contributed by atoms with Crippen LogP contribution < -0.4 is 5.69 Å². The summed E-state index contributed by atoms with van der Waals surface area (Å²) in [5.41, 5.74) is 1.13. The van der Waals surface area contributed by atoms with Gasteiger partial charge in [-0.05, 0) is 24.6 Å². The number of nitrogens with one attached hydrogen (secondary N) is 1. The molecule has 1 aromatic carbocycles. The molecule has 0 radical (unpaired) electrons. The average Bonchev–Trinajstić information content (AvgIpc) is 2.23. The summed E-state index contributed by atoms with van der Waals surface area (Å²) in [5, 5.41) is 0. The molecule has 0 saturated carbocycles. The first-order chi connectivity index (χ1) is 7.18. The molecule has 0 unspecified atom stereocenters. The molecule has 76 valence electrons. The molecular weight excluding hydrogens is 195 g/mol. The Morgan fingerprint density at radius 1 is 1.33 bits per heavy atom. The van der Waals surface area contributed by atoms with Gasteiger partial charge in [0.2, 0.25) is 0 Å². The molecular formula is C11H9FN2O. The van der Waals surface area contributed by atoms with Crippen LogP contribution in [0.5, 0.6) is 0 Å². The Morgan fingerprint density at radius 3 is 2.80 bits per heavy atom. The van der Waals surface area contributed by atoms with Crippen molar-refractivity contribution in [2.24, 2.45) is 0 Å². The molecule has 4 heteroatoms. The SMILES string of the molecule is Cc1cnc(=O)[nH]c1-c1ccccc1F. The van der Waals surface area contributed by atoms with Crippen LogP contribution in [0.2, 0.25) is 0 Å².